The number of carbonyl (C=O) groups excluding carboxylic acids is 2. The van der Waals surface area contributed by atoms with Crippen molar-refractivity contribution in [2.24, 2.45) is 0 Å². The molecule has 0 fully saturated rings. The van der Waals surface area contributed by atoms with E-state index < -0.39 is 5.97 Å². The van der Waals surface area contributed by atoms with Crippen molar-refractivity contribution >= 4 is 34.5 Å². The topological polar surface area (TPSA) is 48.3 Å². The zero-order chi connectivity index (χ0) is 17.1. The second-order valence-electron chi connectivity index (χ2n) is 5.33. The summed E-state index contributed by atoms with van der Waals surface area (Å²) in [6.45, 7) is 1.87. The second-order valence-corrected chi connectivity index (χ2v) is 6.75. The number of aromatic nitrogens is 1. The first-order chi connectivity index (χ1) is 11.6. The SMILES string of the molecule is COC(=O)c1cn(C(=O)[C@@H](C)Sc2ccccc2)c2ccccc12. The Hall–Kier alpha value is -2.53. The van der Waals surface area contributed by atoms with Crippen LogP contribution in [0.5, 0.6) is 0 Å². The smallest absolute Gasteiger partial charge is 0.340 e. The molecule has 3 rings (SSSR count). The van der Waals surface area contributed by atoms with Crippen LogP contribution in [0.1, 0.15) is 22.1 Å². The highest BCUT2D eigenvalue weighted by Crippen LogP contribution is 2.27. The zero-order valence-corrected chi connectivity index (χ0v) is 14.2. The van der Waals surface area contributed by atoms with Crippen LogP contribution in [0.4, 0.5) is 0 Å². The fourth-order valence-corrected chi connectivity index (χ4v) is 3.52. The summed E-state index contributed by atoms with van der Waals surface area (Å²) in [4.78, 5) is 25.9. The Morgan fingerprint density at radius 3 is 2.42 bits per heavy atom. The average molecular weight is 339 g/mol. The molecule has 4 nitrogen and oxygen atoms in total. The molecule has 0 saturated heterocycles. The van der Waals surface area contributed by atoms with Crippen LogP contribution in [-0.2, 0) is 4.74 Å². The Labute approximate surface area is 144 Å². The van der Waals surface area contributed by atoms with Crippen LogP contribution in [0, 0.1) is 0 Å². The number of hydrogen-bond acceptors (Lipinski definition) is 4. The van der Waals surface area contributed by atoms with Crippen LogP contribution in [0.3, 0.4) is 0 Å². The molecular weight excluding hydrogens is 322 g/mol. The van der Waals surface area contributed by atoms with Gasteiger partial charge in [-0.1, -0.05) is 36.4 Å². The average Bonchev–Trinajstić information content (AvgIpc) is 3.01. The van der Waals surface area contributed by atoms with E-state index in [1.54, 1.807) is 10.8 Å². The largest absolute Gasteiger partial charge is 0.465 e. The summed E-state index contributed by atoms with van der Waals surface area (Å²) in [5.74, 6) is -0.517. The molecule has 122 valence electrons. The van der Waals surface area contributed by atoms with Crippen molar-refractivity contribution in [1.29, 1.82) is 0 Å². The predicted octanol–water partition coefficient (Wildman–Crippen LogP) is 4.25. The van der Waals surface area contributed by atoms with Crippen molar-refractivity contribution in [1.82, 2.24) is 4.57 Å². The number of thioether (sulfide) groups is 1. The van der Waals surface area contributed by atoms with Gasteiger partial charge in [-0.25, -0.2) is 4.79 Å². The lowest BCUT2D eigenvalue weighted by Gasteiger charge is -2.11. The Morgan fingerprint density at radius 2 is 1.71 bits per heavy atom. The Bertz CT molecular complexity index is 886. The van der Waals surface area contributed by atoms with Gasteiger partial charge in [-0.3, -0.25) is 9.36 Å². The molecule has 0 saturated carbocycles. The molecule has 0 aliphatic rings. The summed E-state index contributed by atoms with van der Waals surface area (Å²) < 4.78 is 6.37. The van der Waals surface area contributed by atoms with Gasteiger partial charge in [0.1, 0.15) is 0 Å². The number of nitrogens with zero attached hydrogens (tertiary/aromatic N) is 1. The Morgan fingerprint density at radius 1 is 1.04 bits per heavy atom. The number of para-hydroxylation sites is 1. The van der Waals surface area contributed by atoms with E-state index in [1.807, 2.05) is 61.5 Å². The predicted molar refractivity (Wildman–Crippen MR) is 95.7 cm³/mol. The van der Waals surface area contributed by atoms with Crippen LogP contribution in [0.25, 0.3) is 10.9 Å². The van der Waals surface area contributed by atoms with Crippen molar-refractivity contribution in [2.45, 2.75) is 17.1 Å². The minimum absolute atomic E-state index is 0.0739. The lowest BCUT2D eigenvalue weighted by Crippen LogP contribution is -2.20. The number of carbonyl (C=O) groups is 2. The van der Waals surface area contributed by atoms with E-state index in [9.17, 15) is 9.59 Å². The highest BCUT2D eigenvalue weighted by Gasteiger charge is 2.22. The van der Waals surface area contributed by atoms with Crippen molar-refractivity contribution in [3.63, 3.8) is 0 Å². The van der Waals surface area contributed by atoms with Gasteiger partial charge in [0.25, 0.3) is 0 Å². The van der Waals surface area contributed by atoms with Crippen molar-refractivity contribution in [3.8, 4) is 0 Å². The van der Waals surface area contributed by atoms with E-state index in [1.165, 1.54) is 18.9 Å². The van der Waals surface area contributed by atoms with Crippen LogP contribution in [0.2, 0.25) is 0 Å². The molecule has 0 radical (unpaired) electrons. The summed E-state index contributed by atoms with van der Waals surface area (Å²) >= 11 is 1.49. The third kappa shape index (κ3) is 3.08. The summed E-state index contributed by atoms with van der Waals surface area (Å²) in [7, 11) is 1.34. The molecule has 24 heavy (non-hydrogen) atoms. The molecule has 1 heterocycles. The number of esters is 1. The maximum absolute atomic E-state index is 12.9. The van der Waals surface area contributed by atoms with Crippen molar-refractivity contribution < 1.29 is 14.3 Å². The molecule has 0 amide bonds. The number of benzene rings is 2. The third-order valence-electron chi connectivity index (χ3n) is 3.76. The number of ether oxygens (including phenoxy) is 1. The van der Waals surface area contributed by atoms with E-state index in [0.717, 1.165) is 10.3 Å². The monoisotopic (exact) mass is 339 g/mol. The van der Waals surface area contributed by atoms with Gasteiger partial charge in [0.05, 0.1) is 23.4 Å². The normalized spacial score (nSPS) is 12.1. The molecule has 5 heteroatoms. The first-order valence-electron chi connectivity index (χ1n) is 7.56. The van der Waals surface area contributed by atoms with Gasteiger partial charge in [-0.15, -0.1) is 11.8 Å². The van der Waals surface area contributed by atoms with Gasteiger partial charge < -0.3 is 4.74 Å². The van der Waals surface area contributed by atoms with E-state index in [-0.39, 0.29) is 11.2 Å². The first kappa shape index (κ1) is 16.3. The van der Waals surface area contributed by atoms with Gasteiger partial charge in [0.2, 0.25) is 5.91 Å². The van der Waals surface area contributed by atoms with Gasteiger partial charge in [0, 0.05) is 16.5 Å². The van der Waals surface area contributed by atoms with Gasteiger partial charge in [-0.2, -0.15) is 0 Å². The summed E-state index contributed by atoms with van der Waals surface area (Å²) in [6.07, 6.45) is 1.57. The fraction of sp³-hybridized carbons (Fsp3) is 0.158. The minimum atomic E-state index is -0.443. The first-order valence-corrected chi connectivity index (χ1v) is 8.44. The van der Waals surface area contributed by atoms with Crippen LogP contribution in [0.15, 0.2) is 65.7 Å². The maximum atomic E-state index is 12.9. The highest BCUT2D eigenvalue weighted by atomic mass is 32.2. The summed E-state index contributed by atoms with van der Waals surface area (Å²) in [5.41, 5.74) is 1.11. The molecule has 0 spiro atoms. The quantitative estimate of drug-likeness (QED) is 0.527. The molecule has 0 bridgehead atoms. The Balaban J connectivity index is 1.96. The number of hydrogen-bond donors (Lipinski definition) is 0. The molecule has 1 atom stereocenters. The van der Waals surface area contributed by atoms with Crippen molar-refractivity contribution in [2.75, 3.05) is 7.11 Å². The van der Waals surface area contributed by atoms with Gasteiger partial charge >= 0.3 is 5.97 Å². The van der Waals surface area contributed by atoms with Crippen LogP contribution < -0.4 is 0 Å². The molecule has 0 N–H and O–H groups in total. The van der Waals surface area contributed by atoms with E-state index in [4.69, 9.17) is 4.74 Å². The van der Waals surface area contributed by atoms with Gasteiger partial charge in [-0.05, 0) is 25.1 Å². The van der Waals surface area contributed by atoms with E-state index in [2.05, 4.69) is 0 Å². The molecule has 0 unspecified atom stereocenters. The number of rotatable bonds is 4. The maximum Gasteiger partial charge on any atom is 0.340 e. The standard InChI is InChI=1S/C19H17NO3S/c1-13(24-14-8-4-3-5-9-14)18(21)20-12-16(19(22)23-2)15-10-6-7-11-17(15)20/h3-13H,1-2H3/t13-/m1/s1. The van der Waals surface area contributed by atoms with E-state index in [0.29, 0.717) is 11.1 Å². The number of methoxy groups -OCH3 is 1. The molecule has 3 aromatic rings. The Kier molecular flexibility index (Phi) is 4.71. The molecule has 0 aliphatic heterocycles. The lowest BCUT2D eigenvalue weighted by molar-refractivity contribution is 0.0603. The van der Waals surface area contributed by atoms with Gasteiger partial charge in [0.15, 0.2) is 0 Å². The highest BCUT2D eigenvalue weighted by molar-refractivity contribution is 8.00. The minimum Gasteiger partial charge on any atom is -0.465 e. The molecular formula is C19H17NO3S. The van der Waals surface area contributed by atoms with Crippen molar-refractivity contribution in [3.05, 3.63) is 66.4 Å². The van der Waals surface area contributed by atoms with E-state index >= 15 is 0 Å². The zero-order valence-electron chi connectivity index (χ0n) is 13.4. The van der Waals surface area contributed by atoms with Crippen LogP contribution >= 0.6 is 11.8 Å². The third-order valence-corrected chi connectivity index (χ3v) is 4.86. The molecule has 0 aliphatic carbocycles. The molecule has 1 aromatic heterocycles. The number of fused-ring (bicyclic) bond motifs is 1. The van der Waals surface area contributed by atoms with Crippen LogP contribution in [-0.4, -0.2) is 28.8 Å². The summed E-state index contributed by atoms with van der Waals surface area (Å²) in [5, 5.41) is 0.434. The fourth-order valence-electron chi connectivity index (χ4n) is 2.58. The summed E-state index contributed by atoms with van der Waals surface area (Å²) in [6, 6.07) is 17.1. The molecule has 2 aromatic carbocycles. The lowest BCUT2D eigenvalue weighted by atomic mass is 10.2. The second kappa shape index (κ2) is 6.93.